The van der Waals surface area contributed by atoms with Gasteiger partial charge in [-0.25, -0.2) is 4.39 Å². The summed E-state index contributed by atoms with van der Waals surface area (Å²) >= 11 is 0. The second kappa shape index (κ2) is 7.05. The Kier molecular flexibility index (Phi) is 5.12. The van der Waals surface area contributed by atoms with Gasteiger partial charge >= 0.3 is 0 Å². The van der Waals surface area contributed by atoms with Gasteiger partial charge in [0.2, 0.25) is 0 Å². The first kappa shape index (κ1) is 14.5. The van der Waals surface area contributed by atoms with Crippen LogP contribution in [0.3, 0.4) is 0 Å². The molecular formula is C15H19FN2O2. The molecule has 0 fully saturated rings. The fraction of sp³-hybridized carbons (Fsp3) is 0.400. The Hall–Kier alpha value is -1.88. The highest BCUT2D eigenvalue weighted by molar-refractivity contribution is 5.97. The van der Waals surface area contributed by atoms with Crippen LogP contribution in [0.5, 0.6) is 5.75 Å². The molecule has 4 nitrogen and oxygen atoms in total. The van der Waals surface area contributed by atoms with E-state index in [1.165, 1.54) is 17.7 Å². The Morgan fingerprint density at radius 1 is 1.50 bits per heavy atom. The van der Waals surface area contributed by atoms with E-state index in [0.29, 0.717) is 13.2 Å². The summed E-state index contributed by atoms with van der Waals surface area (Å²) in [6.07, 6.45) is 2.99. The molecule has 0 aromatic heterocycles. The predicted octanol–water partition coefficient (Wildman–Crippen LogP) is 1.87. The van der Waals surface area contributed by atoms with Crippen LogP contribution in [-0.4, -0.2) is 32.1 Å². The van der Waals surface area contributed by atoms with Crippen molar-refractivity contribution in [3.05, 3.63) is 41.2 Å². The maximum atomic E-state index is 13.7. The van der Waals surface area contributed by atoms with Crippen LogP contribution in [0.4, 0.5) is 4.39 Å². The second-order valence-electron chi connectivity index (χ2n) is 4.55. The molecule has 2 rings (SSSR count). The van der Waals surface area contributed by atoms with Gasteiger partial charge in [0.15, 0.2) is 11.6 Å². The molecule has 108 valence electrons. The summed E-state index contributed by atoms with van der Waals surface area (Å²) in [4.78, 5) is 12.1. The molecule has 1 heterocycles. The Bertz CT molecular complexity index is 515. The third-order valence-electron chi connectivity index (χ3n) is 3.13. The minimum atomic E-state index is -0.513. The number of halogens is 1. The largest absolute Gasteiger partial charge is 0.490 e. The van der Waals surface area contributed by atoms with Crippen molar-refractivity contribution in [3.8, 4) is 5.75 Å². The number of benzene rings is 1. The molecule has 0 spiro atoms. The summed E-state index contributed by atoms with van der Waals surface area (Å²) in [7, 11) is 0. The summed E-state index contributed by atoms with van der Waals surface area (Å²) in [6, 6.07) is 4.37. The van der Waals surface area contributed by atoms with Gasteiger partial charge in [-0.1, -0.05) is 17.7 Å². The molecule has 1 aromatic rings. The lowest BCUT2D eigenvalue weighted by molar-refractivity contribution is 0.0952. The van der Waals surface area contributed by atoms with Crippen molar-refractivity contribution in [1.29, 1.82) is 0 Å². The van der Waals surface area contributed by atoms with E-state index in [0.717, 1.165) is 19.5 Å². The summed E-state index contributed by atoms with van der Waals surface area (Å²) < 4.78 is 18.9. The van der Waals surface area contributed by atoms with Crippen LogP contribution in [0, 0.1) is 5.82 Å². The topological polar surface area (TPSA) is 50.4 Å². The highest BCUT2D eigenvalue weighted by atomic mass is 19.1. The maximum absolute atomic E-state index is 13.7. The van der Waals surface area contributed by atoms with Gasteiger partial charge in [-0.15, -0.1) is 0 Å². The lowest BCUT2D eigenvalue weighted by Crippen LogP contribution is -2.30. The highest BCUT2D eigenvalue weighted by Gasteiger charge is 2.16. The lowest BCUT2D eigenvalue weighted by atomic mass is 10.1. The summed E-state index contributed by atoms with van der Waals surface area (Å²) in [6.45, 7) is 4.32. The van der Waals surface area contributed by atoms with Crippen LogP contribution in [0.2, 0.25) is 0 Å². The first-order valence-electron chi connectivity index (χ1n) is 6.80. The van der Waals surface area contributed by atoms with Gasteiger partial charge < -0.3 is 15.4 Å². The smallest absolute Gasteiger partial charge is 0.255 e. The van der Waals surface area contributed by atoms with E-state index in [1.54, 1.807) is 13.0 Å². The number of hydrogen-bond donors (Lipinski definition) is 2. The molecule has 0 aliphatic carbocycles. The number of carbonyl (C=O) groups is 1. The summed E-state index contributed by atoms with van der Waals surface area (Å²) in [5, 5.41) is 6.02. The number of ether oxygens (including phenoxy) is 1. The average molecular weight is 278 g/mol. The predicted molar refractivity (Wildman–Crippen MR) is 75.5 cm³/mol. The van der Waals surface area contributed by atoms with Crippen molar-refractivity contribution >= 4 is 5.91 Å². The summed E-state index contributed by atoms with van der Waals surface area (Å²) in [5.41, 5.74) is 1.42. The fourth-order valence-electron chi connectivity index (χ4n) is 2.10. The zero-order valence-electron chi connectivity index (χ0n) is 11.5. The van der Waals surface area contributed by atoms with Gasteiger partial charge in [0.05, 0.1) is 12.2 Å². The second-order valence-corrected chi connectivity index (χ2v) is 4.55. The highest BCUT2D eigenvalue weighted by Crippen LogP contribution is 2.22. The number of amides is 1. The SMILES string of the molecule is CCOc1c(F)cccc1C(=O)NCC1=CCNCC1. The maximum Gasteiger partial charge on any atom is 0.255 e. The molecular weight excluding hydrogens is 259 g/mol. The standard InChI is InChI=1S/C15H19FN2O2/c1-2-20-14-12(4-3-5-13(14)16)15(19)18-10-11-6-8-17-9-7-11/h3-6,17H,2,7-10H2,1H3,(H,18,19). The monoisotopic (exact) mass is 278 g/mol. The first-order chi connectivity index (χ1) is 9.72. The van der Waals surface area contributed by atoms with Crippen molar-refractivity contribution in [2.24, 2.45) is 0 Å². The third kappa shape index (κ3) is 3.57. The van der Waals surface area contributed by atoms with E-state index in [1.807, 2.05) is 0 Å². The van der Waals surface area contributed by atoms with Crippen LogP contribution in [0.25, 0.3) is 0 Å². The Labute approximate surface area is 118 Å². The molecule has 1 aliphatic heterocycles. The Balaban J connectivity index is 2.05. The number of para-hydroxylation sites is 1. The van der Waals surface area contributed by atoms with Gasteiger partial charge in [0.1, 0.15) is 0 Å². The fourth-order valence-corrected chi connectivity index (χ4v) is 2.10. The van der Waals surface area contributed by atoms with Crippen LogP contribution in [0.1, 0.15) is 23.7 Å². The Morgan fingerprint density at radius 3 is 3.05 bits per heavy atom. The molecule has 1 aromatic carbocycles. The first-order valence-corrected chi connectivity index (χ1v) is 6.80. The average Bonchev–Trinajstić information content (AvgIpc) is 2.48. The normalized spacial score (nSPS) is 14.6. The molecule has 0 unspecified atom stereocenters. The van der Waals surface area contributed by atoms with E-state index in [4.69, 9.17) is 4.74 Å². The van der Waals surface area contributed by atoms with E-state index >= 15 is 0 Å². The molecule has 1 aliphatic rings. The quantitative estimate of drug-likeness (QED) is 0.809. The van der Waals surface area contributed by atoms with Gasteiger partial charge in [0, 0.05) is 13.1 Å². The van der Waals surface area contributed by atoms with E-state index in [2.05, 4.69) is 16.7 Å². The van der Waals surface area contributed by atoms with Gasteiger partial charge in [0.25, 0.3) is 5.91 Å². The molecule has 2 N–H and O–H groups in total. The zero-order chi connectivity index (χ0) is 14.4. The third-order valence-corrected chi connectivity index (χ3v) is 3.13. The van der Waals surface area contributed by atoms with Crippen molar-refractivity contribution in [2.45, 2.75) is 13.3 Å². The van der Waals surface area contributed by atoms with Crippen molar-refractivity contribution in [3.63, 3.8) is 0 Å². The molecule has 0 bridgehead atoms. The van der Waals surface area contributed by atoms with Crippen molar-refractivity contribution in [1.82, 2.24) is 10.6 Å². The van der Waals surface area contributed by atoms with E-state index in [-0.39, 0.29) is 17.2 Å². The number of rotatable bonds is 5. The number of carbonyl (C=O) groups excluding carboxylic acids is 1. The number of hydrogen-bond acceptors (Lipinski definition) is 3. The van der Waals surface area contributed by atoms with Crippen molar-refractivity contribution in [2.75, 3.05) is 26.2 Å². The molecule has 0 radical (unpaired) electrons. The van der Waals surface area contributed by atoms with Crippen LogP contribution in [-0.2, 0) is 0 Å². The van der Waals surface area contributed by atoms with Crippen molar-refractivity contribution < 1.29 is 13.9 Å². The van der Waals surface area contributed by atoms with E-state index in [9.17, 15) is 9.18 Å². The van der Waals surface area contributed by atoms with Gasteiger partial charge in [-0.3, -0.25) is 4.79 Å². The molecule has 0 saturated heterocycles. The molecule has 20 heavy (non-hydrogen) atoms. The lowest BCUT2D eigenvalue weighted by Gasteiger charge is -2.15. The molecule has 5 heteroatoms. The van der Waals surface area contributed by atoms with Gasteiger partial charge in [-0.2, -0.15) is 0 Å². The number of nitrogens with one attached hydrogen (secondary N) is 2. The molecule has 0 atom stereocenters. The van der Waals surface area contributed by atoms with Crippen LogP contribution < -0.4 is 15.4 Å². The minimum absolute atomic E-state index is 0.0202. The van der Waals surface area contributed by atoms with Crippen LogP contribution in [0.15, 0.2) is 29.8 Å². The summed E-state index contributed by atoms with van der Waals surface area (Å²) in [5.74, 6) is -0.806. The molecule has 1 amide bonds. The van der Waals surface area contributed by atoms with Gasteiger partial charge in [-0.05, 0) is 32.0 Å². The minimum Gasteiger partial charge on any atom is -0.490 e. The zero-order valence-corrected chi connectivity index (χ0v) is 11.5. The van der Waals surface area contributed by atoms with Crippen LogP contribution >= 0.6 is 0 Å². The Morgan fingerprint density at radius 2 is 2.35 bits per heavy atom. The molecule has 0 saturated carbocycles. The van der Waals surface area contributed by atoms with E-state index < -0.39 is 5.82 Å².